The minimum absolute atomic E-state index is 0.0652. The van der Waals surface area contributed by atoms with Gasteiger partial charge in [0.15, 0.2) is 12.4 Å². The van der Waals surface area contributed by atoms with Gasteiger partial charge < -0.3 is 54.7 Å². The SMILES string of the molecule is COC1/C=C/OC2(C)Oc3c(C)c(O)c4c(O)c(cc(OCC(=O)NC(C)C)c4c3C2=O)NC(=O)/C(C)=C\C=C\C(C)C(O)C(C)C(O)C(C)C(OC(C)=O)C1C. The minimum Gasteiger partial charge on any atom is -0.507 e. The van der Waals surface area contributed by atoms with E-state index >= 15 is 0 Å². The van der Waals surface area contributed by atoms with Crippen LogP contribution in [0.5, 0.6) is 23.0 Å². The van der Waals surface area contributed by atoms with Gasteiger partial charge in [-0.1, -0.05) is 45.9 Å². The molecule has 0 saturated heterocycles. The second-order valence-electron chi connectivity index (χ2n) is 15.4. The van der Waals surface area contributed by atoms with Crippen LogP contribution >= 0.6 is 0 Å². The number of amides is 2. The number of aliphatic hydroxyl groups is 2. The summed E-state index contributed by atoms with van der Waals surface area (Å²) in [5, 5.41) is 50.9. The van der Waals surface area contributed by atoms with Crippen LogP contribution in [-0.2, 0) is 28.6 Å². The van der Waals surface area contributed by atoms with Crippen molar-refractivity contribution in [2.24, 2.45) is 23.7 Å². The van der Waals surface area contributed by atoms with Crippen LogP contribution in [0.3, 0.4) is 0 Å². The maximum atomic E-state index is 14.4. The molecule has 2 aromatic rings. The molecule has 15 nitrogen and oxygen atoms in total. The van der Waals surface area contributed by atoms with Crippen molar-refractivity contribution in [1.29, 1.82) is 0 Å². The van der Waals surface area contributed by atoms with Gasteiger partial charge in [-0.05, 0) is 33.8 Å². The number of carbonyl (C=O) groups is 4. The van der Waals surface area contributed by atoms with Crippen molar-refractivity contribution in [3.05, 3.63) is 53.3 Å². The Balaban J connectivity index is 1.93. The molecule has 5 bridgehead atoms. The first kappa shape index (κ1) is 44.6. The number of aliphatic hydroxyl groups excluding tert-OH is 2. The van der Waals surface area contributed by atoms with Crippen LogP contribution in [0, 0.1) is 30.6 Å². The highest BCUT2D eigenvalue weighted by molar-refractivity contribution is 6.21. The van der Waals surface area contributed by atoms with Crippen molar-refractivity contribution in [3.63, 3.8) is 0 Å². The molecule has 312 valence electrons. The molecule has 0 spiro atoms. The number of benzene rings is 2. The highest BCUT2D eigenvalue weighted by atomic mass is 16.7. The van der Waals surface area contributed by atoms with Crippen molar-refractivity contribution in [2.75, 3.05) is 19.0 Å². The zero-order valence-electron chi connectivity index (χ0n) is 34.3. The Morgan fingerprint density at radius 2 is 1.65 bits per heavy atom. The zero-order chi connectivity index (χ0) is 42.7. The third-order valence-corrected chi connectivity index (χ3v) is 10.6. The lowest BCUT2D eigenvalue weighted by Crippen LogP contribution is -2.46. The summed E-state index contributed by atoms with van der Waals surface area (Å²) in [4.78, 5) is 52.9. The Labute approximate surface area is 332 Å². The third-order valence-electron chi connectivity index (χ3n) is 10.6. The Bertz CT molecular complexity index is 1970. The number of methoxy groups -OCH3 is 1. The van der Waals surface area contributed by atoms with E-state index in [1.165, 1.54) is 59.3 Å². The van der Waals surface area contributed by atoms with Gasteiger partial charge in [0.25, 0.3) is 17.6 Å². The van der Waals surface area contributed by atoms with E-state index < -0.39 is 95.5 Å². The lowest BCUT2D eigenvalue weighted by atomic mass is 9.78. The third kappa shape index (κ3) is 9.37. The first-order chi connectivity index (χ1) is 26.6. The predicted octanol–water partition coefficient (Wildman–Crippen LogP) is 4.95. The molecular formula is C42H56N2O13. The van der Waals surface area contributed by atoms with Gasteiger partial charge in [-0.15, -0.1) is 0 Å². The zero-order valence-corrected chi connectivity index (χ0v) is 34.3. The molecule has 0 aliphatic carbocycles. The number of allylic oxidation sites excluding steroid dienone is 2. The van der Waals surface area contributed by atoms with Crippen molar-refractivity contribution in [3.8, 4) is 23.0 Å². The highest BCUT2D eigenvalue weighted by Crippen LogP contribution is 2.54. The van der Waals surface area contributed by atoms with Gasteiger partial charge in [0.05, 0.1) is 41.2 Å². The first-order valence-electron chi connectivity index (χ1n) is 18.9. The number of phenols is 2. The number of carbonyl (C=O) groups excluding carboxylic acids is 4. The standard InChI is InChI=1S/C42H56N2O13/c1-19(2)43-30(46)18-54-29-17-27-37(50)32-31(29)33-39(25(8)36(32)49)57-42(10,40(33)51)55-16-15-28(53-11)22(5)38(56-26(9)45)24(7)35(48)23(6)34(47)20(3)13-12-14-21(4)41(52)44-27/h12-17,19-20,22-24,28,34-35,38,47-50H,18H2,1-11H3,(H,43,46)(H,44,52)/b13-12+,16-15+,21-14-. The molecule has 0 aromatic heterocycles. The number of Topliss-reactive ketones (excluding diaryl/α,β-unsaturated/α-hetero) is 1. The van der Waals surface area contributed by atoms with Crippen molar-refractivity contribution < 1.29 is 63.3 Å². The van der Waals surface area contributed by atoms with Crippen LogP contribution < -0.4 is 20.1 Å². The summed E-state index contributed by atoms with van der Waals surface area (Å²) in [6.07, 6.45) is 3.56. The van der Waals surface area contributed by atoms with Gasteiger partial charge in [-0.3, -0.25) is 19.2 Å². The van der Waals surface area contributed by atoms with Crippen LogP contribution in [-0.4, -0.2) is 94.0 Å². The molecule has 9 atom stereocenters. The molecule has 0 saturated carbocycles. The molecule has 3 aliphatic rings. The molecule has 57 heavy (non-hydrogen) atoms. The lowest BCUT2D eigenvalue weighted by molar-refractivity contribution is -0.160. The molecule has 6 N–H and O–H groups in total. The van der Waals surface area contributed by atoms with Crippen LogP contribution in [0.4, 0.5) is 5.69 Å². The molecule has 3 aliphatic heterocycles. The summed E-state index contributed by atoms with van der Waals surface area (Å²) in [7, 11) is 1.43. The van der Waals surface area contributed by atoms with Gasteiger partial charge in [0, 0.05) is 73.3 Å². The van der Waals surface area contributed by atoms with Crippen LogP contribution in [0.1, 0.15) is 78.2 Å². The van der Waals surface area contributed by atoms with Crippen molar-refractivity contribution >= 4 is 40.0 Å². The fourth-order valence-electron chi connectivity index (χ4n) is 7.26. The van der Waals surface area contributed by atoms with Crippen LogP contribution in [0.15, 0.2) is 42.2 Å². The Morgan fingerprint density at radius 1 is 0.982 bits per heavy atom. The smallest absolute Gasteiger partial charge is 0.312 e. The van der Waals surface area contributed by atoms with Crippen molar-refractivity contribution in [1.82, 2.24) is 5.32 Å². The number of hydrogen-bond donors (Lipinski definition) is 6. The van der Waals surface area contributed by atoms with Crippen LogP contribution in [0.25, 0.3) is 10.8 Å². The maximum Gasteiger partial charge on any atom is 0.312 e. The topological polar surface area (TPSA) is 219 Å². The second kappa shape index (κ2) is 18.0. The Kier molecular flexibility index (Phi) is 14.1. The quantitative estimate of drug-likeness (QED) is 0.169. The molecule has 2 amide bonds. The number of aromatic hydroxyl groups is 2. The molecule has 2 aromatic carbocycles. The first-order valence-corrected chi connectivity index (χ1v) is 18.9. The fraction of sp³-hybridized carbons (Fsp3) is 0.524. The minimum atomic E-state index is -2.02. The van der Waals surface area contributed by atoms with Gasteiger partial charge in [0.1, 0.15) is 23.4 Å². The summed E-state index contributed by atoms with van der Waals surface area (Å²) < 4.78 is 29.5. The van der Waals surface area contributed by atoms with Gasteiger partial charge in [-0.2, -0.15) is 0 Å². The van der Waals surface area contributed by atoms with Crippen LogP contribution in [0.2, 0.25) is 0 Å². The van der Waals surface area contributed by atoms with Gasteiger partial charge in [-0.25, -0.2) is 0 Å². The number of hydrogen-bond acceptors (Lipinski definition) is 13. The van der Waals surface area contributed by atoms with E-state index in [1.807, 2.05) is 0 Å². The van der Waals surface area contributed by atoms with E-state index in [-0.39, 0.29) is 50.7 Å². The maximum absolute atomic E-state index is 14.4. The highest BCUT2D eigenvalue weighted by Gasteiger charge is 2.49. The number of anilines is 1. The summed E-state index contributed by atoms with van der Waals surface area (Å²) in [6.45, 7) is 15.5. The largest absolute Gasteiger partial charge is 0.507 e. The van der Waals surface area contributed by atoms with E-state index in [4.69, 9.17) is 23.7 Å². The molecule has 0 radical (unpaired) electrons. The van der Waals surface area contributed by atoms with Gasteiger partial charge in [0.2, 0.25) is 0 Å². The average molecular weight is 797 g/mol. The Hall–Kier alpha value is -5.12. The summed E-state index contributed by atoms with van der Waals surface area (Å²) in [5.74, 6) is -8.20. The molecular weight excluding hydrogens is 740 g/mol. The Morgan fingerprint density at radius 3 is 2.26 bits per heavy atom. The normalized spacial score (nSPS) is 30.5. The number of nitrogens with one attached hydrogen (secondary N) is 2. The number of phenolic OH excluding ortho intramolecular Hbond substituents is 2. The number of rotatable bonds is 6. The molecule has 15 heteroatoms. The summed E-state index contributed by atoms with van der Waals surface area (Å²) in [6, 6.07) is 1.03. The van der Waals surface area contributed by atoms with E-state index in [0.29, 0.717) is 0 Å². The van der Waals surface area contributed by atoms with E-state index in [0.717, 1.165) is 0 Å². The molecule has 9 unspecified atom stereocenters. The second-order valence-corrected chi connectivity index (χ2v) is 15.4. The number of ketones is 1. The number of esters is 1. The van der Waals surface area contributed by atoms with E-state index in [1.54, 1.807) is 53.7 Å². The van der Waals surface area contributed by atoms with E-state index in [2.05, 4.69) is 10.6 Å². The molecule has 5 rings (SSSR count). The summed E-state index contributed by atoms with van der Waals surface area (Å²) in [5.41, 5.74) is -0.0402. The average Bonchev–Trinajstić information content (AvgIpc) is 3.41. The fourth-order valence-corrected chi connectivity index (χ4v) is 7.26. The van der Waals surface area contributed by atoms with E-state index in [9.17, 15) is 39.6 Å². The van der Waals surface area contributed by atoms with Crippen molar-refractivity contribution in [2.45, 2.75) is 105 Å². The van der Waals surface area contributed by atoms with Gasteiger partial charge >= 0.3 is 11.8 Å². The molecule has 3 heterocycles. The number of fused-ring (bicyclic) bond motifs is 14. The molecule has 0 fully saturated rings. The number of ether oxygens (including phenoxy) is 5. The predicted molar refractivity (Wildman–Crippen MR) is 211 cm³/mol. The lowest BCUT2D eigenvalue weighted by Gasteiger charge is -2.38. The monoisotopic (exact) mass is 796 g/mol. The summed E-state index contributed by atoms with van der Waals surface area (Å²) >= 11 is 0.